The van der Waals surface area contributed by atoms with E-state index in [0.29, 0.717) is 18.5 Å². The minimum absolute atomic E-state index is 0.190. The number of benzene rings is 1. The number of nitrogens with zero attached hydrogens (tertiary/aromatic N) is 1. The van der Waals surface area contributed by atoms with Gasteiger partial charge in [-0.1, -0.05) is 24.0 Å². The molecule has 3 heteroatoms. The van der Waals surface area contributed by atoms with Crippen LogP contribution in [0.3, 0.4) is 0 Å². The van der Waals surface area contributed by atoms with Crippen LogP contribution < -0.4 is 0 Å². The second kappa shape index (κ2) is 5.31. The Morgan fingerprint density at radius 1 is 1.29 bits per heavy atom. The van der Waals surface area contributed by atoms with Gasteiger partial charge < -0.3 is 4.90 Å². The molecule has 17 heavy (non-hydrogen) atoms. The van der Waals surface area contributed by atoms with Crippen molar-refractivity contribution in [1.29, 1.82) is 0 Å². The summed E-state index contributed by atoms with van der Waals surface area (Å²) in [5, 5.41) is 0. The van der Waals surface area contributed by atoms with E-state index < -0.39 is 0 Å². The summed E-state index contributed by atoms with van der Waals surface area (Å²) in [6.45, 7) is 1.31. The second-order valence-corrected chi connectivity index (χ2v) is 3.96. The molecule has 1 aliphatic rings. The number of carbonyl (C=O) groups is 2. The number of aldehydes is 1. The molecule has 1 amide bonds. The number of carbonyl (C=O) groups excluding carboxylic acids is 2. The lowest BCUT2D eigenvalue weighted by molar-refractivity contribution is -0.127. The van der Waals surface area contributed by atoms with E-state index in [4.69, 9.17) is 0 Å². The molecule has 0 aliphatic carbocycles. The summed E-state index contributed by atoms with van der Waals surface area (Å²) in [6, 6.07) is 7.08. The van der Waals surface area contributed by atoms with Gasteiger partial charge in [0.05, 0.1) is 6.54 Å². The SMILES string of the molecule is O=Cc1ccc(C#CCN2CCCC2=O)cc1. The van der Waals surface area contributed by atoms with E-state index in [2.05, 4.69) is 11.8 Å². The maximum absolute atomic E-state index is 11.3. The Morgan fingerprint density at radius 2 is 2.06 bits per heavy atom. The van der Waals surface area contributed by atoms with Crippen molar-refractivity contribution in [3.05, 3.63) is 35.4 Å². The van der Waals surface area contributed by atoms with Crippen molar-refractivity contribution >= 4 is 12.2 Å². The van der Waals surface area contributed by atoms with Crippen molar-refractivity contribution in [3.63, 3.8) is 0 Å². The van der Waals surface area contributed by atoms with Crippen LogP contribution in [0, 0.1) is 11.8 Å². The highest BCUT2D eigenvalue weighted by Crippen LogP contribution is 2.08. The van der Waals surface area contributed by atoms with Gasteiger partial charge in [-0.25, -0.2) is 0 Å². The third kappa shape index (κ3) is 2.94. The monoisotopic (exact) mass is 227 g/mol. The molecule has 0 atom stereocenters. The summed E-state index contributed by atoms with van der Waals surface area (Å²) in [5.74, 6) is 6.15. The van der Waals surface area contributed by atoms with Crippen LogP contribution in [-0.2, 0) is 4.79 Å². The molecule has 0 saturated carbocycles. The van der Waals surface area contributed by atoms with Gasteiger partial charge in [0.15, 0.2) is 0 Å². The normalized spacial score (nSPS) is 14.4. The van der Waals surface area contributed by atoms with Gasteiger partial charge in [0.2, 0.25) is 5.91 Å². The van der Waals surface area contributed by atoms with Gasteiger partial charge in [-0.2, -0.15) is 0 Å². The summed E-state index contributed by atoms with van der Waals surface area (Å²) in [6.07, 6.45) is 2.39. The number of rotatable bonds is 2. The molecule has 3 nitrogen and oxygen atoms in total. The largest absolute Gasteiger partial charge is 0.332 e. The predicted molar refractivity (Wildman–Crippen MR) is 64.5 cm³/mol. The second-order valence-electron chi connectivity index (χ2n) is 3.96. The maximum Gasteiger partial charge on any atom is 0.223 e. The highest BCUT2D eigenvalue weighted by Gasteiger charge is 2.18. The highest BCUT2D eigenvalue weighted by atomic mass is 16.2. The van der Waals surface area contributed by atoms with Gasteiger partial charge in [0, 0.05) is 24.1 Å². The summed E-state index contributed by atoms with van der Waals surface area (Å²) in [7, 11) is 0. The van der Waals surface area contributed by atoms with Crippen LogP contribution in [0.1, 0.15) is 28.8 Å². The Kier molecular flexibility index (Phi) is 3.56. The topological polar surface area (TPSA) is 37.4 Å². The lowest BCUT2D eigenvalue weighted by atomic mass is 10.1. The van der Waals surface area contributed by atoms with Gasteiger partial charge in [0.1, 0.15) is 6.29 Å². The molecule has 2 rings (SSSR count). The molecule has 1 heterocycles. The van der Waals surface area contributed by atoms with Gasteiger partial charge in [-0.15, -0.1) is 0 Å². The van der Waals surface area contributed by atoms with Gasteiger partial charge in [-0.3, -0.25) is 9.59 Å². The van der Waals surface area contributed by atoms with Crippen molar-refractivity contribution in [2.75, 3.05) is 13.1 Å². The molecule has 0 aromatic heterocycles. The fourth-order valence-corrected chi connectivity index (χ4v) is 1.75. The van der Waals surface area contributed by atoms with Crippen molar-refractivity contribution in [3.8, 4) is 11.8 Å². The summed E-state index contributed by atoms with van der Waals surface area (Å²) >= 11 is 0. The number of likely N-dealkylation sites (tertiary alicyclic amines) is 1. The van der Waals surface area contributed by atoms with Crippen LogP contribution >= 0.6 is 0 Å². The minimum Gasteiger partial charge on any atom is -0.332 e. The van der Waals surface area contributed by atoms with Crippen molar-refractivity contribution in [1.82, 2.24) is 4.90 Å². The Morgan fingerprint density at radius 3 is 2.65 bits per heavy atom. The van der Waals surface area contributed by atoms with Crippen molar-refractivity contribution < 1.29 is 9.59 Å². The first-order valence-electron chi connectivity index (χ1n) is 5.61. The van der Waals surface area contributed by atoms with Crippen LogP contribution in [-0.4, -0.2) is 30.2 Å². The lowest BCUT2D eigenvalue weighted by Gasteiger charge is -2.09. The molecule has 0 spiro atoms. The third-order valence-electron chi connectivity index (χ3n) is 2.72. The number of amides is 1. The Hall–Kier alpha value is -2.08. The van der Waals surface area contributed by atoms with Crippen LogP contribution in [0.5, 0.6) is 0 Å². The van der Waals surface area contributed by atoms with Gasteiger partial charge in [0.25, 0.3) is 0 Å². The first kappa shape index (κ1) is 11.4. The zero-order chi connectivity index (χ0) is 12.1. The van der Waals surface area contributed by atoms with E-state index in [1.807, 2.05) is 12.1 Å². The molecule has 1 fully saturated rings. The van der Waals surface area contributed by atoms with Crippen molar-refractivity contribution in [2.24, 2.45) is 0 Å². The minimum atomic E-state index is 0.190. The van der Waals surface area contributed by atoms with E-state index in [-0.39, 0.29) is 5.91 Å². The van der Waals surface area contributed by atoms with E-state index in [1.165, 1.54) is 0 Å². The van der Waals surface area contributed by atoms with E-state index in [1.54, 1.807) is 17.0 Å². The van der Waals surface area contributed by atoms with Crippen LogP contribution in [0.25, 0.3) is 0 Å². The number of hydrogen-bond acceptors (Lipinski definition) is 2. The molecule has 1 aromatic carbocycles. The van der Waals surface area contributed by atoms with Crippen molar-refractivity contribution in [2.45, 2.75) is 12.8 Å². The Bertz CT molecular complexity index is 479. The van der Waals surface area contributed by atoms with Gasteiger partial charge in [-0.05, 0) is 18.6 Å². The van der Waals surface area contributed by atoms with Gasteiger partial charge >= 0.3 is 0 Å². The predicted octanol–water partition coefficient (Wildman–Crippen LogP) is 1.47. The fourth-order valence-electron chi connectivity index (χ4n) is 1.75. The Labute approximate surface area is 100 Å². The summed E-state index contributed by atoms with van der Waals surface area (Å²) in [5.41, 5.74) is 1.51. The lowest BCUT2D eigenvalue weighted by Crippen LogP contribution is -2.24. The maximum atomic E-state index is 11.3. The molecule has 1 aromatic rings. The smallest absolute Gasteiger partial charge is 0.223 e. The standard InChI is InChI=1S/C14H13NO2/c16-11-13-7-5-12(6-8-13)3-1-9-15-10-2-4-14(15)17/h5-8,11H,2,4,9-10H2. The highest BCUT2D eigenvalue weighted by molar-refractivity contribution is 5.78. The molecule has 86 valence electrons. The molecule has 0 unspecified atom stereocenters. The van der Waals surface area contributed by atoms with E-state index in [9.17, 15) is 9.59 Å². The molecule has 0 N–H and O–H groups in total. The molecular formula is C14H13NO2. The van der Waals surface area contributed by atoms with E-state index >= 15 is 0 Å². The average molecular weight is 227 g/mol. The quantitative estimate of drug-likeness (QED) is 0.567. The molecule has 1 aliphatic heterocycles. The van der Waals surface area contributed by atoms with Crippen LogP contribution in [0.4, 0.5) is 0 Å². The zero-order valence-electron chi connectivity index (χ0n) is 9.48. The van der Waals surface area contributed by atoms with E-state index in [0.717, 1.165) is 24.8 Å². The van der Waals surface area contributed by atoms with Crippen LogP contribution in [0.15, 0.2) is 24.3 Å². The molecule has 0 radical (unpaired) electrons. The average Bonchev–Trinajstić information content (AvgIpc) is 2.76. The first-order chi connectivity index (χ1) is 8.29. The fraction of sp³-hybridized carbons (Fsp3) is 0.286. The number of hydrogen-bond donors (Lipinski definition) is 0. The third-order valence-corrected chi connectivity index (χ3v) is 2.72. The first-order valence-corrected chi connectivity index (χ1v) is 5.61. The summed E-state index contributed by atoms with van der Waals surface area (Å²) < 4.78 is 0. The molecule has 0 bridgehead atoms. The Balaban J connectivity index is 1.96. The zero-order valence-corrected chi connectivity index (χ0v) is 9.48. The van der Waals surface area contributed by atoms with Crippen LogP contribution in [0.2, 0.25) is 0 Å². The molecule has 1 saturated heterocycles. The summed E-state index contributed by atoms with van der Waals surface area (Å²) in [4.78, 5) is 23.6. The molecular weight excluding hydrogens is 214 g/mol.